The maximum Gasteiger partial charge on any atom is 0.257 e. The smallest absolute Gasteiger partial charge is 0.257 e. The van der Waals surface area contributed by atoms with Crippen LogP contribution in [-0.4, -0.2) is 34.3 Å². The molecule has 0 amide bonds. The van der Waals surface area contributed by atoms with E-state index in [-0.39, 0.29) is 0 Å². The lowest BCUT2D eigenvalue weighted by Gasteiger charge is -2.11. The lowest BCUT2D eigenvalue weighted by Crippen LogP contribution is -2.22. The Bertz CT molecular complexity index is 270. The molecule has 0 spiro atoms. The van der Waals surface area contributed by atoms with Gasteiger partial charge < -0.3 is 0 Å². The summed E-state index contributed by atoms with van der Waals surface area (Å²) in [4.78, 5) is 4.19. The number of hydrogen-bond donors (Lipinski definition) is 1. The first-order valence-electron chi connectivity index (χ1n) is 3.71. The van der Waals surface area contributed by atoms with Crippen LogP contribution in [0.5, 0.6) is 0 Å². The molecule has 5 heteroatoms. The Morgan fingerprint density at radius 2 is 1.75 bits per heavy atom. The zero-order valence-corrected chi connectivity index (χ0v) is 7.79. The van der Waals surface area contributed by atoms with Gasteiger partial charge in [0.25, 0.3) is 5.95 Å². The zero-order chi connectivity index (χ0) is 9.14. The van der Waals surface area contributed by atoms with Gasteiger partial charge in [-0.2, -0.15) is 5.10 Å². The molecular weight excluding hydrogens is 154 g/mol. The van der Waals surface area contributed by atoms with Crippen molar-refractivity contribution in [2.45, 2.75) is 13.8 Å². The standard InChI is InChI=1S/C7H13N5/c1-5-6(2)9-10-7(8-5)11-12(3)4/h1-4H3,(H,8,10,11). The van der Waals surface area contributed by atoms with Crippen LogP contribution in [0.2, 0.25) is 0 Å². The highest BCUT2D eigenvalue weighted by Gasteiger charge is 2.00. The third-order valence-corrected chi connectivity index (χ3v) is 1.42. The number of aryl methyl sites for hydroxylation is 2. The Kier molecular flexibility index (Phi) is 2.54. The first kappa shape index (κ1) is 8.86. The average molecular weight is 167 g/mol. The average Bonchev–Trinajstić information content (AvgIpc) is 1.96. The molecule has 0 atom stereocenters. The predicted molar refractivity (Wildman–Crippen MR) is 46.6 cm³/mol. The summed E-state index contributed by atoms with van der Waals surface area (Å²) in [5.74, 6) is 0.531. The van der Waals surface area contributed by atoms with Crippen molar-refractivity contribution in [3.8, 4) is 0 Å². The van der Waals surface area contributed by atoms with E-state index in [2.05, 4.69) is 20.6 Å². The van der Waals surface area contributed by atoms with Crippen molar-refractivity contribution < 1.29 is 0 Å². The predicted octanol–water partition coefficient (Wildman–Crippen LogP) is 0.377. The Morgan fingerprint density at radius 1 is 1.08 bits per heavy atom. The Balaban J connectivity index is 2.82. The van der Waals surface area contributed by atoms with Gasteiger partial charge in [0.05, 0.1) is 11.4 Å². The minimum absolute atomic E-state index is 0.531. The van der Waals surface area contributed by atoms with E-state index in [4.69, 9.17) is 0 Å². The summed E-state index contributed by atoms with van der Waals surface area (Å²) >= 11 is 0. The summed E-state index contributed by atoms with van der Waals surface area (Å²) in [6.45, 7) is 3.79. The molecule has 0 saturated heterocycles. The Hall–Kier alpha value is -1.23. The molecule has 0 radical (unpaired) electrons. The van der Waals surface area contributed by atoms with Gasteiger partial charge >= 0.3 is 0 Å². The lowest BCUT2D eigenvalue weighted by molar-refractivity contribution is 0.486. The third-order valence-electron chi connectivity index (χ3n) is 1.42. The molecule has 66 valence electrons. The lowest BCUT2D eigenvalue weighted by atomic mass is 10.4. The van der Waals surface area contributed by atoms with E-state index in [0.29, 0.717) is 5.95 Å². The number of aromatic nitrogens is 3. The van der Waals surface area contributed by atoms with Gasteiger partial charge in [0.1, 0.15) is 0 Å². The summed E-state index contributed by atoms with van der Waals surface area (Å²) in [6.07, 6.45) is 0. The van der Waals surface area contributed by atoms with E-state index in [1.54, 1.807) is 5.01 Å². The van der Waals surface area contributed by atoms with Gasteiger partial charge in [-0.05, 0) is 13.8 Å². The van der Waals surface area contributed by atoms with E-state index in [1.807, 2.05) is 27.9 Å². The van der Waals surface area contributed by atoms with Crippen molar-refractivity contribution in [1.82, 2.24) is 20.2 Å². The molecule has 1 rings (SSSR count). The van der Waals surface area contributed by atoms with Gasteiger partial charge in [0, 0.05) is 14.1 Å². The monoisotopic (exact) mass is 167 g/mol. The number of hydrogen-bond acceptors (Lipinski definition) is 5. The van der Waals surface area contributed by atoms with Gasteiger partial charge in [0.15, 0.2) is 0 Å². The molecular formula is C7H13N5. The maximum atomic E-state index is 4.19. The highest BCUT2D eigenvalue weighted by atomic mass is 15.5. The van der Waals surface area contributed by atoms with Crippen molar-refractivity contribution in [1.29, 1.82) is 0 Å². The summed E-state index contributed by atoms with van der Waals surface area (Å²) in [6, 6.07) is 0. The fraction of sp³-hybridized carbons (Fsp3) is 0.571. The van der Waals surface area contributed by atoms with Crippen LogP contribution in [0, 0.1) is 13.8 Å². The second kappa shape index (κ2) is 3.44. The molecule has 0 fully saturated rings. The normalized spacial score (nSPS) is 10.4. The highest BCUT2D eigenvalue weighted by molar-refractivity contribution is 5.22. The zero-order valence-electron chi connectivity index (χ0n) is 7.79. The van der Waals surface area contributed by atoms with Gasteiger partial charge in [-0.25, -0.2) is 9.99 Å². The van der Waals surface area contributed by atoms with E-state index in [0.717, 1.165) is 11.4 Å². The summed E-state index contributed by atoms with van der Waals surface area (Å²) < 4.78 is 0. The molecule has 0 aliphatic heterocycles. The molecule has 12 heavy (non-hydrogen) atoms. The Morgan fingerprint density at radius 3 is 2.25 bits per heavy atom. The third kappa shape index (κ3) is 2.13. The van der Waals surface area contributed by atoms with Crippen LogP contribution in [0.3, 0.4) is 0 Å². The van der Waals surface area contributed by atoms with Crippen LogP contribution in [0.15, 0.2) is 0 Å². The first-order chi connectivity index (χ1) is 5.59. The van der Waals surface area contributed by atoms with Crippen molar-refractivity contribution >= 4 is 5.95 Å². The van der Waals surface area contributed by atoms with E-state index < -0.39 is 0 Å². The van der Waals surface area contributed by atoms with Gasteiger partial charge in [0.2, 0.25) is 0 Å². The molecule has 5 nitrogen and oxygen atoms in total. The first-order valence-corrected chi connectivity index (χ1v) is 3.71. The maximum absolute atomic E-state index is 4.19. The number of rotatable bonds is 2. The molecule has 1 aromatic rings. The molecule has 0 aliphatic carbocycles. The molecule has 1 aromatic heterocycles. The number of anilines is 1. The summed E-state index contributed by atoms with van der Waals surface area (Å²) in [5.41, 5.74) is 4.68. The fourth-order valence-corrected chi connectivity index (χ4v) is 0.704. The van der Waals surface area contributed by atoms with Crippen LogP contribution in [0.4, 0.5) is 5.95 Å². The van der Waals surface area contributed by atoms with Crippen molar-refractivity contribution in [2.75, 3.05) is 19.5 Å². The molecule has 1 heterocycles. The molecule has 0 saturated carbocycles. The quantitative estimate of drug-likeness (QED) is 0.645. The molecule has 0 aromatic carbocycles. The second-order valence-electron chi connectivity index (χ2n) is 2.81. The van der Waals surface area contributed by atoms with E-state index in [1.165, 1.54) is 0 Å². The van der Waals surface area contributed by atoms with Crippen LogP contribution in [0.25, 0.3) is 0 Å². The van der Waals surface area contributed by atoms with Crippen LogP contribution < -0.4 is 5.43 Å². The molecule has 0 bridgehead atoms. The molecule has 0 aliphatic rings. The van der Waals surface area contributed by atoms with Crippen molar-refractivity contribution in [2.24, 2.45) is 0 Å². The van der Waals surface area contributed by atoms with Gasteiger partial charge in [-0.3, -0.25) is 5.43 Å². The topological polar surface area (TPSA) is 53.9 Å². The summed E-state index contributed by atoms with van der Waals surface area (Å²) in [5, 5.41) is 9.57. The number of nitrogens with one attached hydrogen (secondary N) is 1. The highest BCUT2D eigenvalue weighted by Crippen LogP contribution is 2.01. The summed E-state index contributed by atoms with van der Waals surface area (Å²) in [7, 11) is 3.75. The number of hydrazine groups is 1. The van der Waals surface area contributed by atoms with Crippen molar-refractivity contribution in [3.05, 3.63) is 11.4 Å². The second-order valence-corrected chi connectivity index (χ2v) is 2.81. The van der Waals surface area contributed by atoms with E-state index >= 15 is 0 Å². The van der Waals surface area contributed by atoms with E-state index in [9.17, 15) is 0 Å². The molecule has 0 unspecified atom stereocenters. The SMILES string of the molecule is Cc1nnc(NN(C)C)nc1C. The fourth-order valence-electron chi connectivity index (χ4n) is 0.704. The van der Waals surface area contributed by atoms with Gasteiger partial charge in [-0.1, -0.05) is 0 Å². The van der Waals surface area contributed by atoms with Crippen LogP contribution in [0.1, 0.15) is 11.4 Å². The van der Waals surface area contributed by atoms with Crippen molar-refractivity contribution in [3.63, 3.8) is 0 Å². The molecule has 1 N–H and O–H groups in total. The van der Waals surface area contributed by atoms with Crippen LogP contribution in [-0.2, 0) is 0 Å². The Labute approximate surface area is 71.8 Å². The van der Waals surface area contributed by atoms with Gasteiger partial charge in [-0.15, -0.1) is 5.10 Å². The van der Waals surface area contributed by atoms with Crippen LogP contribution >= 0.6 is 0 Å². The minimum atomic E-state index is 0.531. The largest absolute Gasteiger partial charge is 0.286 e. The minimum Gasteiger partial charge on any atom is -0.286 e. The number of nitrogens with zero attached hydrogens (tertiary/aromatic N) is 4.